The molecule has 1 unspecified atom stereocenters. The Kier molecular flexibility index (Phi) is 6.20. The van der Waals surface area contributed by atoms with Gasteiger partial charge >= 0.3 is 36.3 Å². The van der Waals surface area contributed by atoms with Gasteiger partial charge in [0.1, 0.15) is 18.3 Å². The third-order valence-electron chi connectivity index (χ3n) is 5.51. The fraction of sp³-hybridized carbons (Fsp3) is 0.278. The molecule has 2 aliphatic rings. The molecule has 11 nitrogen and oxygen atoms in total. The molecule has 0 bridgehead atoms. The zero-order valence-electron chi connectivity index (χ0n) is 16.0. The maximum absolute atomic E-state index is 13.1. The molecule has 2 aliphatic heterocycles. The summed E-state index contributed by atoms with van der Waals surface area (Å²) in [5.41, 5.74) is 1.56. The number of aliphatic hydroxyl groups is 1. The van der Waals surface area contributed by atoms with Crippen molar-refractivity contribution >= 4 is 81.0 Å². The molecule has 4 aromatic rings. The zero-order valence-corrected chi connectivity index (χ0v) is 19.3. The van der Waals surface area contributed by atoms with Crippen molar-refractivity contribution in [3.05, 3.63) is 51.6 Å². The summed E-state index contributed by atoms with van der Waals surface area (Å²) in [5, 5.41) is 10.9. The van der Waals surface area contributed by atoms with Crippen LogP contribution in [0.25, 0.3) is 28.2 Å². The van der Waals surface area contributed by atoms with Crippen molar-refractivity contribution in [1.29, 1.82) is 0 Å². The standard InChI is InChI=1S/C18H15BrN5O6PS.Na.H/c19-17-21-11-14(24(17)16-12(25)13-10(29-16)7-28-31(27,32)30-13)22-18-20-9(6-23(18)15(11)26)8-4-2-1-3-5-8;;/h1-6,10,12-13,16,25H,7H2,(H,20,22)(H,27,32);;/t10-,12-,13-,16-,31?;;/m1../s1. The van der Waals surface area contributed by atoms with Crippen molar-refractivity contribution < 1.29 is 23.8 Å². The van der Waals surface area contributed by atoms with Crippen molar-refractivity contribution in [3.8, 4) is 11.3 Å². The number of hydrogen-bond acceptors (Lipinski definition) is 8. The zero-order chi connectivity index (χ0) is 22.2. The van der Waals surface area contributed by atoms with Gasteiger partial charge in [0.15, 0.2) is 22.1 Å². The van der Waals surface area contributed by atoms with E-state index < -0.39 is 31.3 Å². The van der Waals surface area contributed by atoms with E-state index in [4.69, 9.17) is 25.6 Å². The minimum absolute atomic E-state index is 0. The van der Waals surface area contributed by atoms with Gasteiger partial charge in [-0.05, 0) is 33.3 Å². The number of hydrogen-bond donors (Lipinski definition) is 3. The number of fused-ring (bicyclic) bond motifs is 3. The van der Waals surface area contributed by atoms with Crippen molar-refractivity contribution in [2.24, 2.45) is 0 Å². The number of ether oxygens (including phenoxy) is 1. The van der Waals surface area contributed by atoms with E-state index in [1.807, 2.05) is 30.3 Å². The predicted molar refractivity (Wildman–Crippen MR) is 127 cm³/mol. The van der Waals surface area contributed by atoms with E-state index in [0.717, 1.165) is 11.3 Å². The SMILES string of the molecule is O=c1c2nc(Br)n([C@@H]3O[C@@H]4COP(O)(=S)O[C@H]4[C@H]3O)c2nc2[nH]c(-c3ccccc3)cn12.[NaH]. The summed E-state index contributed by atoms with van der Waals surface area (Å²) in [6.45, 7) is -3.46. The second-order valence-corrected chi connectivity index (χ2v) is 11.0. The van der Waals surface area contributed by atoms with Crippen molar-refractivity contribution in [1.82, 2.24) is 23.9 Å². The molecular weight excluding hydrogens is 548 g/mol. The monoisotopic (exact) mass is 563 g/mol. The molecule has 2 fully saturated rings. The summed E-state index contributed by atoms with van der Waals surface area (Å²) < 4.78 is 19.6. The average molecular weight is 564 g/mol. The molecule has 33 heavy (non-hydrogen) atoms. The van der Waals surface area contributed by atoms with E-state index in [1.165, 1.54) is 8.97 Å². The van der Waals surface area contributed by atoms with Gasteiger partial charge in [-0.2, -0.15) is 4.98 Å². The Balaban J connectivity index is 0.00000228. The summed E-state index contributed by atoms with van der Waals surface area (Å²) >= 11 is 8.24. The number of imidazole rings is 2. The van der Waals surface area contributed by atoms with E-state index in [0.29, 0.717) is 5.78 Å². The van der Waals surface area contributed by atoms with Crippen LogP contribution in [-0.4, -0.2) is 88.4 Å². The van der Waals surface area contributed by atoms with Gasteiger partial charge in [-0.25, -0.2) is 9.38 Å². The van der Waals surface area contributed by atoms with Crippen LogP contribution in [0.15, 0.2) is 46.1 Å². The molecule has 0 spiro atoms. The number of aromatic amines is 1. The summed E-state index contributed by atoms with van der Waals surface area (Å²) in [6.07, 6.45) is -2.05. The molecular formula is C18H16BrN5NaO6PS. The molecule has 6 rings (SSSR count). The van der Waals surface area contributed by atoms with E-state index in [1.54, 1.807) is 6.20 Å². The Bertz CT molecular complexity index is 1480. The number of nitrogens with zero attached hydrogens (tertiary/aromatic N) is 4. The first-order valence-electron chi connectivity index (χ1n) is 9.56. The number of rotatable bonds is 2. The van der Waals surface area contributed by atoms with E-state index in [2.05, 4.69) is 30.9 Å². The topological polar surface area (TPSA) is 136 Å². The number of nitrogens with one attached hydrogen (secondary N) is 1. The summed E-state index contributed by atoms with van der Waals surface area (Å²) in [5.74, 6) is 0.311. The van der Waals surface area contributed by atoms with Crippen LogP contribution in [0, 0.1) is 0 Å². The van der Waals surface area contributed by atoms with Crippen molar-refractivity contribution in [2.45, 2.75) is 24.5 Å². The van der Waals surface area contributed by atoms with Gasteiger partial charge in [0.05, 0.1) is 12.3 Å². The summed E-state index contributed by atoms with van der Waals surface area (Å²) in [7, 11) is 0. The van der Waals surface area contributed by atoms with Crippen LogP contribution in [0.1, 0.15) is 6.23 Å². The van der Waals surface area contributed by atoms with Crippen molar-refractivity contribution in [2.75, 3.05) is 6.61 Å². The van der Waals surface area contributed by atoms with Gasteiger partial charge in [0.2, 0.25) is 5.78 Å². The molecule has 0 amide bonds. The molecule has 0 aliphatic carbocycles. The van der Waals surface area contributed by atoms with Gasteiger partial charge < -0.3 is 24.2 Å². The van der Waals surface area contributed by atoms with E-state index in [-0.39, 0.29) is 57.6 Å². The summed E-state index contributed by atoms with van der Waals surface area (Å²) in [4.78, 5) is 35.2. The van der Waals surface area contributed by atoms with Crippen LogP contribution in [0.5, 0.6) is 0 Å². The molecule has 168 valence electrons. The normalized spacial score (nSPS) is 29.3. The van der Waals surface area contributed by atoms with Gasteiger partial charge in [-0.1, -0.05) is 30.3 Å². The van der Waals surface area contributed by atoms with Crippen LogP contribution in [0.4, 0.5) is 0 Å². The van der Waals surface area contributed by atoms with Gasteiger partial charge in [0.25, 0.3) is 5.56 Å². The van der Waals surface area contributed by atoms with Crippen LogP contribution in [-0.2, 0) is 25.6 Å². The third kappa shape index (κ3) is 3.89. The van der Waals surface area contributed by atoms with Crippen LogP contribution in [0.3, 0.4) is 0 Å². The molecule has 3 N–H and O–H groups in total. The predicted octanol–water partition coefficient (Wildman–Crippen LogP) is 1.04. The third-order valence-corrected chi connectivity index (χ3v) is 7.63. The first-order chi connectivity index (χ1) is 15.3. The minimum atomic E-state index is -3.44. The van der Waals surface area contributed by atoms with Crippen LogP contribution < -0.4 is 5.56 Å². The molecule has 5 heterocycles. The second kappa shape index (κ2) is 8.61. The van der Waals surface area contributed by atoms with Crippen molar-refractivity contribution in [3.63, 3.8) is 0 Å². The fourth-order valence-corrected chi connectivity index (χ4v) is 6.03. The Labute approximate surface area is 221 Å². The summed E-state index contributed by atoms with van der Waals surface area (Å²) in [6, 6.07) is 9.54. The first kappa shape index (κ1) is 23.8. The van der Waals surface area contributed by atoms with Gasteiger partial charge in [-0.15, -0.1) is 0 Å². The number of halogens is 1. The number of aliphatic hydroxyl groups excluding tert-OH is 1. The Morgan fingerprint density at radius 3 is 2.79 bits per heavy atom. The Hall–Kier alpha value is -0.960. The van der Waals surface area contributed by atoms with Crippen LogP contribution in [0.2, 0.25) is 0 Å². The van der Waals surface area contributed by atoms with E-state index >= 15 is 0 Å². The maximum atomic E-state index is 13.1. The van der Waals surface area contributed by atoms with Gasteiger partial charge in [-0.3, -0.25) is 13.9 Å². The molecule has 1 aromatic carbocycles. The number of aromatic nitrogens is 5. The molecule has 3 aromatic heterocycles. The van der Waals surface area contributed by atoms with Crippen LogP contribution >= 0.6 is 22.6 Å². The number of H-pyrrole nitrogens is 1. The Morgan fingerprint density at radius 2 is 2.03 bits per heavy atom. The Morgan fingerprint density at radius 1 is 1.27 bits per heavy atom. The molecule has 5 atom stereocenters. The van der Waals surface area contributed by atoms with Gasteiger partial charge in [0, 0.05) is 6.20 Å². The second-order valence-electron chi connectivity index (χ2n) is 7.46. The molecule has 15 heteroatoms. The molecule has 2 saturated heterocycles. The number of benzene rings is 1. The molecule has 0 saturated carbocycles. The average Bonchev–Trinajstić information content (AvgIpc) is 3.43. The first-order valence-corrected chi connectivity index (χ1v) is 12.9. The van der Waals surface area contributed by atoms with E-state index in [9.17, 15) is 14.8 Å². The molecule has 0 radical (unpaired) electrons. The quantitative estimate of drug-likeness (QED) is 0.186. The fourth-order valence-electron chi connectivity index (χ4n) is 4.04.